The van der Waals surface area contributed by atoms with E-state index in [0.29, 0.717) is 6.04 Å². The van der Waals surface area contributed by atoms with Crippen LogP contribution in [-0.2, 0) is 5.60 Å². The summed E-state index contributed by atoms with van der Waals surface area (Å²) in [7, 11) is 2.07. The minimum absolute atomic E-state index is 0.450. The highest BCUT2D eigenvalue weighted by atomic mass is 16.3. The molecule has 0 aromatic heterocycles. The Morgan fingerprint density at radius 2 is 1.81 bits per heavy atom. The highest BCUT2D eigenvalue weighted by Gasteiger charge is 2.40. The van der Waals surface area contributed by atoms with Crippen LogP contribution in [0, 0.1) is 13.8 Å². The molecule has 0 spiro atoms. The fourth-order valence-electron chi connectivity index (χ4n) is 2.73. The van der Waals surface area contributed by atoms with Crippen molar-refractivity contribution in [2.75, 3.05) is 13.6 Å². The van der Waals surface area contributed by atoms with Gasteiger partial charge in [-0.1, -0.05) is 29.3 Å². The van der Waals surface area contributed by atoms with Crippen molar-refractivity contribution >= 4 is 0 Å². The van der Waals surface area contributed by atoms with Crippen LogP contribution in [0.4, 0.5) is 0 Å². The number of nitrogens with zero attached hydrogens (tertiary/aromatic N) is 1. The summed E-state index contributed by atoms with van der Waals surface area (Å²) in [5, 5.41) is 10.7. The number of aryl methyl sites for hydroxylation is 2. The number of likely N-dealkylation sites (tertiary alicyclic amines) is 1. The van der Waals surface area contributed by atoms with E-state index in [-0.39, 0.29) is 0 Å². The molecular formula is C14H21NO. The maximum atomic E-state index is 10.7. The van der Waals surface area contributed by atoms with Crippen molar-refractivity contribution in [3.8, 4) is 0 Å². The lowest BCUT2D eigenvalue weighted by molar-refractivity contribution is 0.0485. The van der Waals surface area contributed by atoms with E-state index in [2.05, 4.69) is 50.9 Å². The van der Waals surface area contributed by atoms with E-state index in [1.54, 1.807) is 0 Å². The van der Waals surface area contributed by atoms with Gasteiger partial charge in [-0.2, -0.15) is 0 Å². The number of rotatable bonds is 1. The van der Waals surface area contributed by atoms with Crippen LogP contribution in [0.1, 0.15) is 30.0 Å². The molecule has 1 saturated heterocycles. The summed E-state index contributed by atoms with van der Waals surface area (Å²) >= 11 is 0. The van der Waals surface area contributed by atoms with Gasteiger partial charge in [-0.05, 0) is 39.8 Å². The van der Waals surface area contributed by atoms with Crippen LogP contribution in [0.2, 0.25) is 0 Å². The summed E-state index contributed by atoms with van der Waals surface area (Å²) in [5.41, 5.74) is 2.86. The van der Waals surface area contributed by atoms with Gasteiger partial charge in [0.25, 0.3) is 0 Å². The molecule has 0 saturated carbocycles. The number of hydrogen-bond donors (Lipinski definition) is 1. The fourth-order valence-corrected chi connectivity index (χ4v) is 2.73. The smallest absolute Gasteiger partial charge is 0.104 e. The average Bonchev–Trinajstić information content (AvgIpc) is 2.40. The van der Waals surface area contributed by atoms with Gasteiger partial charge < -0.3 is 10.0 Å². The molecule has 0 amide bonds. The molecule has 0 bridgehead atoms. The van der Waals surface area contributed by atoms with E-state index >= 15 is 0 Å². The zero-order valence-corrected chi connectivity index (χ0v) is 10.6. The number of likely N-dealkylation sites (N-methyl/N-ethyl adjacent to an activating group) is 1. The summed E-state index contributed by atoms with van der Waals surface area (Å²) < 4.78 is 0. The molecule has 2 rings (SSSR count). The first-order valence-corrected chi connectivity index (χ1v) is 5.92. The number of β-amino-alcohol motifs (C(OH)–C–C–N with tert-alkyl or cyclic N) is 1. The molecule has 1 aromatic rings. The van der Waals surface area contributed by atoms with Gasteiger partial charge in [0.1, 0.15) is 5.60 Å². The molecule has 2 nitrogen and oxygen atoms in total. The minimum Gasteiger partial charge on any atom is -0.384 e. The standard InChI is InChI=1S/C14H21NO/c1-10-5-11(2)7-13(6-10)14(16)8-12(3)15(4)9-14/h5-7,12,16H,8-9H2,1-4H3. The largest absolute Gasteiger partial charge is 0.384 e. The van der Waals surface area contributed by atoms with Crippen LogP contribution < -0.4 is 0 Å². The first-order valence-electron chi connectivity index (χ1n) is 5.92. The Kier molecular flexibility index (Phi) is 2.81. The molecule has 2 heteroatoms. The molecule has 0 aliphatic carbocycles. The Balaban J connectivity index is 2.37. The van der Waals surface area contributed by atoms with Crippen molar-refractivity contribution < 1.29 is 5.11 Å². The maximum Gasteiger partial charge on any atom is 0.104 e. The van der Waals surface area contributed by atoms with E-state index in [4.69, 9.17) is 0 Å². The molecule has 1 aliphatic heterocycles. The van der Waals surface area contributed by atoms with Gasteiger partial charge in [0.2, 0.25) is 0 Å². The molecule has 1 aliphatic rings. The summed E-state index contributed by atoms with van der Waals surface area (Å²) in [6, 6.07) is 6.82. The van der Waals surface area contributed by atoms with Crippen molar-refractivity contribution in [1.82, 2.24) is 4.90 Å². The van der Waals surface area contributed by atoms with Crippen LogP contribution in [0.25, 0.3) is 0 Å². The molecular weight excluding hydrogens is 198 g/mol. The van der Waals surface area contributed by atoms with Crippen molar-refractivity contribution in [2.24, 2.45) is 0 Å². The van der Waals surface area contributed by atoms with E-state index in [9.17, 15) is 5.11 Å². The average molecular weight is 219 g/mol. The zero-order valence-electron chi connectivity index (χ0n) is 10.6. The number of hydrogen-bond acceptors (Lipinski definition) is 2. The number of aliphatic hydroxyl groups is 1. The summed E-state index contributed by atoms with van der Waals surface area (Å²) in [6.07, 6.45) is 0.826. The van der Waals surface area contributed by atoms with E-state index < -0.39 is 5.60 Å². The first kappa shape index (κ1) is 11.6. The van der Waals surface area contributed by atoms with Gasteiger partial charge >= 0.3 is 0 Å². The SMILES string of the molecule is Cc1cc(C)cc(C2(O)CC(C)N(C)C2)c1. The van der Waals surface area contributed by atoms with E-state index in [0.717, 1.165) is 18.5 Å². The van der Waals surface area contributed by atoms with E-state index in [1.807, 2.05) is 0 Å². The molecule has 1 fully saturated rings. The van der Waals surface area contributed by atoms with Gasteiger partial charge in [-0.15, -0.1) is 0 Å². The van der Waals surface area contributed by atoms with E-state index in [1.165, 1.54) is 11.1 Å². The van der Waals surface area contributed by atoms with Gasteiger partial charge in [0, 0.05) is 12.6 Å². The molecule has 0 radical (unpaired) electrons. The molecule has 2 atom stereocenters. The fraction of sp³-hybridized carbons (Fsp3) is 0.571. The van der Waals surface area contributed by atoms with Crippen LogP contribution in [0.5, 0.6) is 0 Å². The summed E-state index contributed by atoms with van der Waals surface area (Å²) in [6.45, 7) is 7.07. The Labute approximate surface area is 97.9 Å². The maximum absolute atomic E-state index is 10.7. The third-order valence-electron chi connectivity index (χ3n) is 3.66. The lowest BCUT2D eigenvalue weighted by atomic mass is 9.89. The van der Waals surface area contributed by atoms with Crippen LogP contribution in [-0.4, -0.2) is 29.6 Å². The highest BCUT2D eigenvalue weighted by Crippen LogP contribution is 2.35. The topological polar surface area (TPSA) is 23.5 Å². The third kappa shape index (κ3) is 2.00. The second-order valence-electron chi connectivity index (χ2n) is 5.38. The monoisotopic (exact) mass is 219 g/mol. The quantitative estimate of drug-likeness (QED) is 0.783. The molecule has 16 heavy (non-hydrogen) atoms. The predicted molar refractivity (Wildman–Crippen MR) is 66.5 cm³/mol. The Morgan fingerprint density at radius 1 is 1.25 bits per heavy atom. The van der Waals surface area contributed by atoms with Crippen LogP contribution in [0.3, 0.4) is 0 Å². The molecule has 88 valence electrons. The van der Waals surface area contributed by atoms with Crippen molar-refractivity contribution in [3.63, 3.8) is 0 Å². The lowest BCUT2D eigenvalue weighted by Crippen LogP contribution is -2.29. The Hall–Kier alpha value is -0.860. The number of benzene rings is 1. The first-order chi connectivity index (χ1) is 7.40. The Morgan fingerprint density at radius 3 is 2.25 bits per heavy atom. The van der Waals surface area contributed by atoms with Crippen LogP contribution >= 0.6 is 0 Å². The summed E-state index contributed by atoms with van der Waals surface area (Å²) in [5.74, 6) is 0. The van der Waals surface area contributed by atoms with Gasteiger partial charge in [0.05, 0.1) is 0 Å². The molecule has 1 N–H and O–H groups in total. The van der Waals surface area contributed by atoms with Gasteiger partial charge in [-0.3, -0.25) is 0 Å². The van der Waals surface area contributed by atoms with Gasteiger partial charge in [-0.25, -0.2) is 0 Å². The third-order valence-corrected chi connectivity index (χ3v) is 3.66. The second kappa shape index (κ2) is 3.86. The zero-order chi connectivity index (χ0) is 11.9. The molecule has 1 heterocycles. The van der Waals surface area contributed by atoms with Crippen molar-refractivity contribution in [3.05, 3.63) is 34.9 Å². The lowest BCUT2D eigenvalue weighted by Gasteiger charge is -2.23. The van der Waals surface area contributed by atoms with Gasteiger partial charge in [0.15, 0.2) is 0 Å². The molecule has 2 unspecified atom stereocenters. The van der Waals surface area contributed by atoms with Crippen LogP contribution in [0.15, 0.2) is 18.2 Å². The molecule has 1 aromatic carbocycles. The highest BCUT2D eigenvalue weighted by molar-refractivity contribution is 5.33. The van der Waals surface area contributed by atoms with Crippen molar-refractivity contribution in [2.45, 2.75) is 38.8 Å². The summed E-state index contributed by atoms with van der Waals surface area (Å²) in [4.78, 5) is 2.22. The normalized spacial score (nSPS) is 30.9. The second-order valence-corrected chi connectivity index (χ2v) is 5.38. The minimum atomic E-state index is -0.662. The van der Waals surface area contributed by atoms with Crippen molar-refractivity contribution in [1.29, 1.82) is 0 Å². The predicted octanol–water partition coefficient (Wildman–Crippen LogP) is 2.22. The Bertz CT molecular complexity index is 369.